The van der Waals surface area contributed by atoms with E-state index in [2.05, 4.69) is 10.3 Å². The molecule has 180 valence electrons. The summed E-state index contributed by atoms with van der Waals surface area (Å²) in [5.74, 6) is -1.44. The van der Waals surface area contributed by atoms with Crippen LogP contribution in [-0.4, -0.2) is 55.6 Å². The van der Waals surface area contributed by atoms with Crippen molar-refractivity contribution in [1.29, 1.82) is 0 Å². The third-order valence-corrected chi connectivity index (χ3v) is 7.12. The molecule has 1 amide bonds. The van der Waals surface area contributed by atoms with E-state index in [9.17, 15) is 18.0 Å². The van der Waals surface area contributed by atoms with Gasteiger partial charge in [-0.3, -0.25) is 9.10 Å². The van der Waals surface area contributed by atoms with Crippen molar-refractivity contribution in [2.75, 3.05) is 26.5 Å². The first-order valence-electron chi connectivity index (χ1n) is 10.7. The number of benzene rings is 2. The monoisotopic (exact) mass is 492 g/mol. The summed E-state index contributed by atoms with van der Waals surface area (Å²) in [7, 11) is 1.06. The highest BCUT2D eigenvalue weighted by Gasteiger charge is 2.39. The van der Waals surface area contributed by atoms with Gasteiger partial charge in [0.15, 0.2) is 11.5 Å². The van der Waals surface area contributed by atoms with Crippen molar-refractivity contribution < 1.29 is 22.7 Å². The summed E-state index contributed by atoms with van der Waals surface area (Å²) in [5, 5.41) is 2.57. The fourth-order valence-electron chi connectivity index (χ4n) is 3.64. The Hall–Kier alpha value is -4.02. The Morgan fingerprint density at radius 1 is 1.00 bits per heavy atom. The largest absolute Gasteiger partial charge is 0.420 e. The lowest BCUT2D eigenvalue weighted by Crippen LogP contribution is -2.38. The molecule has 0 spiro atoms. The zero-order chi connectivity index (χ0) is 25.2. The number of ether oxygens (including phenoxy) is 1. The predicted octanol–water partition coefficient (Wildman–Crippen LogP) is 2.94. The SMILES string of the molecule is CN(C)Cc1ccc(C(=O)OC2=C(C(=O)Nc3ccccn3)N(C)S(=O)(=O)c3ccccc32)cc1. The van der Waals surface area contributed by atoms with E-state index in [1.54, 1.807) is 42.5 Å². The van der Waals surface area contributed by atoms with Gasteiger partial charge in [0.05, 0.1) is 10.5 Å². The van der Waals surface area contributed by atoms with Crippen LogP contribution in [0.25, 0.3) is 5.76 Å². The van der Waals surface area contributed by atoms with E-state index in [1.165, 1.54) is 25.4 Å². The number of rotatable bonds is 6. The van der Waals surface area contributed by atoms with Gasteiger partial charge in [-0.25, -0.2) is 18.2 Å². The number of esters is 1. The van der Waals surface area contributed by atoms with Gasteiger partial charge in [0.25, 0.3) is 15.9 Å². The van der Waals surface area contributed by atoms with Crippen LogP contribution in [0.1, 0.15) is 21.5 Å². The minimum Gasteiger partial charge on any atom is -0.420 e. The van der Waals surface area contributed by atoms with Gasteiger partial charge < -0.3 is 15.0 Å². The van der Waals surface area contributed by atoms with Crippen LogP contribution in [0.2, 0.25) is 0 Å². The zero-order valence-electron chi connectivity index (χ0n) is 19.4. The minimum atomic E-state index is -4.06. The Morgan fingerprint density at radius 3 is 2.34 bits per heavy atom. The van der Waals surface area contributed by atoms with Crippen LogP contribution >= 0.6 is 0 Å². The number of anilines is 1. The molecule has 0 atom stereocenters. The quantitative estimate of drug-likeness (QED) is 0.527. The number of pyridine rings is 1. The molecule has 0 aliphatic carbocycles. The number of sulfonamides is 1. The molecule has 0 unspecified atom stereocenters. The molecule has 1 aliphatic heterocycles. The Bertz CT molecular complexity index is 1400. The lowest BCUT2D eigenvalue weighted by Gasteiger charge is -2.30. The maximum atomic E-state index is 13.2. The van der Waals surface area contributed by atoms with Gasteiger partial charge in [0.1, 0.15) is 5.82 Å². The summed E-state index contributed by atoms with van der Waals surface area (Å²) in [6.07, 6.45) is 1.49. The van der Waals surface area contributed by atoms with Crippen molar-refractivity contribution >= 4 is 33.5 Å². The predicted molar refractivity (Wildman–Crippen MR) is 130 cm³/mol. The van der Waals surface area contributed by atoms with Crippen LogP contribution < -0.4 is 5.32 Å². The normalized spacial score (nSPS) is 14.5. The number of carbonyl (C=O) groups excluding carboxylic acids is 2. The van der Waals surface area contributed by atoms with Crippen LogP contribution in [-0.2, 0) is 26.1 Å². The zero-order valence-corrected chi connectivity index (χ0v) is 20.2. The molecule has 1 aliphatic rings. The van der Waals surface area contributed by atoms with Crippen molar-refractivity contribution in [3.05, 3.63) is 95.3 Å². The van der Waals surface area contributed by atoms with Crippen LogP contribution in [0.3, 0.4) is 0 Å². The minimum absolute atomic E-state index is 0.0685. The second kappa shape index (κ2) is 9.69. The lowest BCUT2D eigenvalue weighted by atomic mass is 10.1. The Labute approximate surface area is 203 Å². The van der Waals surface area contributed by atoms with E-state index >= 15 is 0 Å². The van der Waals surface area contributed by atoms with E-state index in [0.29, 0.717) is 6.54 Å². The van der Waals surface area contributed by atoms with Crippen molar-refractivity contribution in [1.82, 2.24) is 14.2 Å². The fraction of sp³-hybridized carbons (Fsp3) is 0.160. The number of nitrogens with zero attached hydrogens (tertiary/aromatic N) is 3. The van der Waals surface area contributed by atoms with Gasteiger partial charge in [-0.05, 0) is 56.1 Å². The molecule has 1 aromatic heterocycles. The molecule has 4 rings (SSSR count). The van der Waals surface area contributed by atoms with Crippen molar-refractivity contribution in [3.63, 3.8) is 0 Å². The molecular formula is C25H24N4O5S. The molecule has 2 aromatic carbocycles. The Kier molecular flexibility index (Phi) is 6.68. The first-order chi connectivity index (χ1) is 16.7. The van der Waals surface area contributed by atoms with Gasteiger partial charge in [-0.15, -0.1) is 0 Å². The van der Waals surface area contributed by atoms with Crippen LogP contribution in [0.15, 0.2) is 83.5 Å². The van der Waals surface area contributed by atoms with Crippen LogP contribution in [0.4, 0.5) is 5.82 Å². The van der Waals surface area contributed by atoms with Crippen molar-refractivity contribution in [2.24, 2.45) is 0 Å². The van der Waals surface area contributed by atoms with E-state index in [-0.39, 0.29) is 33.3 Å². The van der Waals surface area contributed by atoms with E-state index in [4.69, 9.17) is 4.74 Å². The average Bonchev–Trinajstić information content (AvgIpc) is 2.83. The smallest absolute Gasteiger partial charge is 0.343 e. The molecule has 0 bridgehead atoms. The number of aromatic nitrogens is 1. The van der Waals surface area contributed by atoms with Gasteiger partial charge in [-0.2, -0.15) is 0 Å². The number of amides is 1. The molecule has 0 radical (unpaired) electrons. The van der Waals surface area contributed by atoms with E-state index < -0.39 is 21.9 Å². The summed E-state index contributed by atoms with van der Waals surface area (Å²) in [6.45, 7) is 0.703. The molecule has 3 aromatic rings. The maximum Gasteiger partial charge on any atom is 0.343 e. The van der Waals surface area contributed by atoms with Crippen molar-refractivity contribution in [3.8, 4) is 0 Å². The van der Waals surface area contributed by atoms with Gasteiger partial charge in [-0.1, -0.05) is 30.3 Å². The van der Waals surface area contributed by atoms with Gasteiger partial charge in [0, 0.05) is 25.4 Å². The molecule has 1 N–H and O–H groups in total. The number of nitrogens with one attached hydrogen (secondary N) is 1. The highest BCUT2D eigenvalue weighted by molar-refractivity contribution is 7.89. The molecular weight excluding hydrogens is 468 g/mol. The topological polar surface area (TPSA) is 109 Å². The van der Waals surface area contributed by atoms with Gasteiger partial charge >= 0.3 is 5.97 Å². The lowest BCUT2D eigenvalue weighted by molar-refractivity contribution is -0.113. The molecule has 35 heavy (non-hydrogen) atoms. The Morgan fingerprint density at radius 2 is 1.69 bits per heavy atom. The maximum absolute atomic E-state index is 13.2. The van der Waals surface area contributed by atoms with Crippen LogP contribution in [0.5, 0.6) is 0 Å². The third kappa shape index (κ3) is 4.93. The molecule has 0 saturated carbocycles. The molecule has 0 saturated heterocycles. The van der Waals surface area contributed by atoms with Crippen LogP contribution in [0, 0.1) is 0 Å². The standard InChI is InChI=1S/C25H24N4O5S/c1-28(2)16-17-11-13-18(14-12-17)25(31)34-23-19-8-4-5-9-20(19)35(32,33)29(3)22(23)24(30)27-21-10-6-7-15-26-21/h4-15H,16H2,1-3H3,(H,26,27,30). The van der Waals surface area contributed by atoms with E-state index in [0.717, 1.165) is 9.87 Å². The van der Waals surface area contributed by atoms with E-state index in [1.807, 2.05) is 31.1 Å². The summed E-state index contributed by atoms with van der Waals surface area (Å²) in [4.78, 5) is 32.3. The number of carbonyl (C=O) groups is 2. The molecule has 10 heteroatoms. The fourth-order valence-corrected chi connectivity index (χ4v) is 5.03. The highest BCUT2D eigenvalue weighted by atomic mass is 32.2. The summed E-state index contributed by atoms with van der Waals surface area (Å²) in [6, 6.07) is 17.9. The van der Waals surface area contributed by atoms with Gasteiger partial charge in [0.2, 0.25) is 0 Å². The summed E-state index contributed by atoms with van der Waals surface area (Å²) in [5.41, 5.74) is 1.06. The highest BCUT2D eigenvalue weighted by Crippen LogP contribution is 2.37. The number of hydrogen-bond donors (Lipinski definition) is 1. The molecule has 9 nitrogen and oxygen atoms in total. The first kappa shape index (κ1) is 24.1. The summed E-state index contributed by atoms with van der Waals surface area (Å²) < 4.78 is 32.8. The van der Waals surface area contributed by atoms with Crippen molar-refractivity contribution in [2.45, 2.75) is 11.4 Å². The second-order valence-corrected chi connectivity index (χ2v) is 10.1. The average molecular weight is 493 g/mol. The number of hydrogen-bond acceptors (Lipinski definition) is 7. The number of fused-ring (bicyclic) bond motifs is 1. The second-order valence-electron chi connectivity index (χ2n) is 8.14. The summed E-state index contributed by atoms with van der Waals surface area (Å²) >= 11 is 0. The first-order valence-corrected chi connectivity index (χ1v) is 12.1. The molecule has 2 heterocycles. The molecule has 0 fully saturated rings. The Balaban J connectivity index is 1.76. The third-order valence-electron chi connectivity index (χ3n) is 5.30. The number of likely N-dealkylation sites (N-methyl/N-ethyl adjacent to an activating group) is 1.